The SMILES string of the molecule is Cc1cc(=O)n(C(C)C(=O)Nc2ccc(S(=O)(=O)N(C)C)cc2)c2c1c(C)nn2-c1ccccc1. The van der Waals surface area contributed by atoms with E-state index < -0.39 is 22.0 Å². The summed E-state index contributed by atoms with van der Waals surface area (Å²) in [6.07, 6.45) is 0. The van der Waals surface area contributed by atoms with Crippen molar-refractivity contribution >= 4 is 32.7 Å². The number of anilines is 1. The molecule has 10 heteroatoms. The molecule has 1 amide bonds. The van der Waals surface area contributed by atoms with E-state index in [4.69, 9.17) is 0 Å². The maximum Gasteiger partial charge on any atom is 0.253 e. The second-order valence-electron chi connectivity index (χ2n) is 8.54. The molecule has 0 bridgehead atoms. The number of hydrogen-bond acceptors (Lipinski definition) is 5. The van der Waals surface area contributed by atoms with Crippen molar-refractivity contribution in [1.82, 2.24) is 18.7 Å². The van der Waals surface area contributed by atoms with Crippen molar-refractivity contribution in [3.8, 4) is 5.69 Å². The number of aryl methyl sites for hydroxylation is 2. The van der Waals surface area contributed by atoms with Gasteiger partial charge in [-0.1, -0.05) is 18.2 Å². The van der Waals surface area contributed by atoms with Crippen LogP contribution in [0.25, 0.3) is 16.7 Å². The van der Waals surface area contributed by atoms with Gasteiger partial charge in [0.25, 0.3) is 5.56 Å². The molecular formula is C25H27N5O4S. The van der Waals surface area contributed by atoms with E-state index >= 15 is 0 Å². The molecule has 0 aliphatic rings. The molecule has 0 fully saturated rings. The highest BCUT2D eigenvalue weighted by molar-refractivity contribution is 7.89. The predicted molar refractivity (Wildman–Crippen MR) is 135 cm³/mol. The van der Waals surface area contributed by atoms with Crippen LogP contribution in [0.3, 0.4) is 0 Å². The van der Waals surface area contributed by atoms with Crippen LogP contribution in [0.15, 0.2) is 70.4 Å². The highest BCUT2D eigenvalue weighted by Gasteiger charge is 2.24. The minimum absolute atomic E-state index is 0.118. The van der Waals surface area contributed by atoms with E-state index in [2.05, 4.69) is 10.4 Å². The largest absolute Gasteiger partial charge is 0.324 e. The van der Waals surface area contributed by atoms with Crippen LogP contribution in [0.5, 0.6) is 0 Å². The van der Waals surface area contributed by atoms with Gasteiger partial charge < -0.3 is 5.32 Å². The number of para-hydroxylation sites is 1. The van der Waals surface area contributed by atoms with Gasteiger partial charge in [0.1, 0.15) is 11.7 Å². The van der Waals surface area contributed by atoms with Gasteiger partial charge in [-0.2, -0.15) is 5.10 Å². The van der Waals surface area contributed by atoms with E-state index in [1.807, 2.05) is 44.2 Å². The van der Waals surface area contributed by atoms with Crippen LogP contribution in [0, 0.1) is 13.8 Å². The molecule has 0 aliphatic carbocycles. The Morgan fingerprint density at radius 2 is 1.66 bits per heavy atom. The van der Waals surface area contributed by atoms with Crippen LogP contribution in [0.1, 0.15) is 24.2 Å². The number of aromatic nitrogens is 3. The number of nitrogens with one attached hydrogen (secondary N) is 1. The van der Waals surface area contributed by atoms with Crippen LogP contribution in [-0.4, -0.2) is 47.1 Å². The average Bonchev–Trinajstić information content (AvgIpc) is 3.17. The van der Waals surface area contributed by atoms with Gasteiger partial charge in [0.2, 0.25) is 15.9 Å². The van der Waals surface area contributed by atoms with Gasteiger partial charge in [-0.05, 0) is 62.7 Å². The summed E-state index contributed by atoms with van der Waals surface area (Å²) in [6, 6.07) is 16.0. The average molecular weight is 494 g/mol. The molecule has 1 N–H and O–H groups in total. The Labute approximate surface area is 203 Å². The van der Waals surface area contributed by atoms with Crippen molar-refractivity contribution in [3.63, 3.8) is 0 Å². The molecule has 182 valence electrons. The number of benzene rings is 2. The third-order valence-electron chi connectivity index (χ3n) is 5.90. The van der Waals surface area contributed by atoms with Crippen LogP contribution >= 0.6 is 0 Å². The number of fused-ring (bicyclic) bond motifs is 1. The monoisotopic (exact) mass is 493 g/mol. The third kappa shape index (κ3) is 4.38. The van der Waals surface area contributed by atoms with Crippen molar-refractivity contribution in [2.24, 2.45) is 0 Å². The lowest BCUT2D eigenvalue weighted by Crippen LogP contribution is -2.32. The molecule has 2 aromatic heterocycles. The normalized spacial score (nSPS) is 12.7. The second kappa shape index (κ2) is 9.12. The van der Waals surface area contributed by atoms with Gasteiger partial charge >= 0.3 is 0 Å². The third-order valence-corrected chi connectivity index (χ3v) is 7.73. The Balaban J connectivity index is 1.74. The molecule has 2 heterocycles. The molecule has 4 aromatic rings. The summed E-state index contributed by atoms with van der Waals surface area (Å²) in [5.74, 6) is -0.418. The van der Waals surface area contributed by atoms with Crippen molar-refractivity contribution < 1.29 is 13.2 Å². The fourth-order valence-corrected chi connectivity index (χ4v) is 4.94. The highest BCUT2D eigenvalue weighted by atomic mass is 32.2. The minimum atomic E-state index is -3.58. The summed E-state index contributed by atoms with van der Waals surface area (Å²) in [5, 5.41) is 8.25. The number of nitrogens with zero attached hydrogens (tertiary/aromatic N) is 4. The molecule has 2 aromatic carbocycles. The maximum atomic E-state index is 13.2. The molecule has 0 aliphatic heterocycles. The summed E-state index contributed by atoms with van der Waals surface area (Å²) in [6.45, 7) is 5.37. The lowest BCUT2D eigenvalue weighted by molar-refractivity contribution is -0.118. The first-order chi connectivity index (χ1) is 16.5. The van der Waals surface area contributed by atoms with Crippen molar-refractivity contribution in [1.29, 1.82) is 0 Å². The van der Waals surface area contributed by atoms with E-state index in [0.717, 1.165) is 26.6 Å². The topological polar surface area (TPSA) is 106 Å². The fourth-order valence-electron chi connectivity index (χ4n) is 4.04. The molecule has 0 saturated heterocycles. The van der Waals surface area contributed by atoms with Gasteiger partial charge in [0.05, 0.1) is 16.3 Å². The maximum absolute atomic E-state index is 13.2. The Hall–Kier alpha value is -3.76. The zero-order valence-corrected chi connectivity index (χ0v) is 21.0. The van der Waals surface area contributed by atoms with Gasteiger partial charge in [-0.3, -0.25) is 14.2 Å². The quantitative estimate of drug-likeness (QED) is 0.444. The summed E-state index contributed by atoms with van der Waals surface area (Å²) < 4.78 is 28.8. The van der Waals surface area contributed by atoms with E-state index in [9.17, 15) is 18.0 Å². The smallest absolute Gasteiger partial charge is 0.253 e. The van der Waals surface area contributed by atoms with E-state index in [0.29, 0.717) is 11.3 Å². The first-order valence-electron chi connectivity index (χ1n) is 11.0. The molecule has 35 heavy (non-hydrogen) atoms. The molecule has 4 rings (SSSR count). The Morgan fingerprint density at radius 1 is 1.03 bits per heavy atom. The number of hydrogen-bond donors (Lipinski definition) is 1. The Bertz CT molecular complexity index is 1570. The zero-order chi connectivity index (χ0) is 25.5. The lowest BCUT2D eigenvalue weighted by atomic mass is 10.1. The molecule has 9 nitrogen and oxygen atoms in total. The minimum Gasteiger partial charge on any atom is -0.324 e. The number of amides is 1. The Morgan fingerprint density at radius 3 is 2.26 bits per heavy atom. The predicted octanol–water partition coefficient (Wildman–Crippen LogP) is 3.25. The highest BCUT2D eigenvalue weighted by Crippen LogP contribution is 2.26. The number of pyridine rings is 1. The lowest BCUT2D eigenvalue weighted by Gasteiger charge is -2.19. The molecule has 0 saturated carbocycles. The summed E-state index contributed by atoms with van der Waals surface area (Å²) >= 11 is 0. The summed E-state index contributed by atoms with van der Waals surface area (Å²) in [7, 11) is -0.673. The van der Waals surface area contributed by atoms with Crippen LogP contribution in [-0.2, 0) is 14.8 Å². The molecule has 1 unspecified atom stereocenters. The molecule has 0 radical (unpaired) electrons. The number of carbonyl (C=O) groups is 1. The number of rotatable bonds is 6. The number of sulfonamides is 1. The van der Waals surface area contributed by atoms with Crippen molar-refractivity contribution in [2.45, 2.75) is 31.7 Å². The molecule has 0 spiro atoms. The summed E-state index contributed by atoms with van der Waals surface area (Å²) in [5.41, 5.74) is 2.95. The zero-order valence-electron chi connectivity index (χ0n) is 20.2. The van der Waals surface area contributed by atoms with Gasteiger partial charge in [-0.25, -0.2) is 17.4 Å². The fraction of sp³-hybridized carbons (Fsp3) is 0.240. The Kier molecular flexibility index (Phi) is 6.35. The standard InChI is InChI=1S/C25H27N5O4S/c1-16-15-22(31)29(25-23(16)17(2)27-30(25)20-9-7-6-8-10-20)18(3)24(32)26-19-11-13-21(14-12-19)35(33,34)28(4)5/h6-15,18H,1-5H3,(H,26,32). The first kappa shape index (κ1) is 24.4. The summed E-state index contributed by atoms with van der Waals surface area (Å²) in [4.78, 5) is 26.5. The van der Waals surface area contributed by atoms with E-state index in [1.165, 1.54) is 49.0 Å². The van der Waals surface area contributed by atoms with E-state index in [1.54, 1.807) is 11.6 Å². The first-order valence-corrected chi connectivity index (χ1v) is 12.5. The van der Waals surface area contributed by atoms with Crippen molar-refractivity contribution in [2.75, 3.05) is 19.4 Å². The second-order valence-corrected chi connectivity index (χ2v) is 10.7. The van der Waals surface area contributed by atoms with Crippen molar-refractivity contribution in [3.05, 3.63) is 82.3 Å². The van der Waals surface area contributed by atoms with Gasteiger partial charge in [0, 0.05) is 31.2 Å². The molecular weight excluding hydrogens is 466 g/mol. The van der Waals surface area contributed by atoms with Gasteiger partial charge in [-0.15, -0.1) is 0 Å². The van der Waals surface area contributed by atoms with Crippen LogP contribution in [0.2, 0.25) is 0 Å². The van der Waals surface area contributed by atoms with Gasteiger partial charge in [0.15, 0.2) is 0 Å². The van der Waals surface area contributed by atoms with Crippen LogP contribution in [0.4, 0.5) is 5.69 Å². The molecule has 1 atom stereocenters. The number of carbonyl (C=O) groups excluding carboxylic acids is 1. The van der Waals surface area contributed by atoms with Crippen LogP contribution < -0.4 is 10.9 Å². The van der Waals surface area contributed by atoms with E-state index in [-0.39, 0.29) is 10.5 Å².